The van der Waals surface area contributed by atoms with Gasteiger partial charge in [-0.05, 0) is 38.4 Å². The van der Waals surface area contributed by atoms with E-state index in [0.29, 0.717) is 18.1 Å². The van der Waals surface area contributed by atoms with Crippen molar-refractivity contribution in [1.29, 1.82) is 0 Å². The summed E-state index contributed by atoms with van der Waals surface area (Å²) in [5.74, 6) is 0.958. The molecule has 1 aromatic rings. The molecule has 110 valence electrons. The number of ether oxygens (including phenoxy) is 2. The van der Waals surface area contributed by atoms with Crippen LogP contribution in [0, 0.1) is 10.1 Å². The second-order valence-electron chi connectivity index (χ2n) is 4.84. The molecule has 1 fully saturated rings. The number of hydrogen-bond acceptors (Lipinski definition) is 5. The summed E-state index contributed by atoms with van der Waals surface area (Å²) in [7, 11) is 1.53. The minimum atomic E-state index is -0.434. The minimum Gasteiger partial charge on any atom is -0.493 e. The van der Waals surface area contributed by atoms with E-state index in [1.165, 1.54) is 45.2 Å². The molecule has 2 rings (SSSR count). The third-order valence-corrected chi connectivity index (χ3v) is 3.43. The van der Waals surface area contributed by atoms with Gasteiger partial charge in [0, 0.05) is 12.6 Å². The molecule has 0 unspecified atom stereocenters. The number of nitro groups is 1. The fraction of sp³-hybridized carbons (Fsp3) is 0.571. The summed E-state index contributed by atoms with van der Waals surface area (Å²) in [6.07, 6.45) is 3.46. The molecule has 0 aromatic heterocycles. The van der Waals surface area contributed by atoms with Crippen LogP contribution in [-0.4, -0.2) is 43.2 Å². The summed E-state index contributed by atoms with van der Waals surface area (Å²) in [5, 5.41) is 10.8. The Morgan fingerprint density at radius 1 is 1.30 bits per heavy atom. The second kappa shape index (κ2) is 7.09. The van der Waals surface area contributed by atoms with E-state index in [4.69, 9.17) is 9.47 Å². The Morgan fingerprint density at radius 2 is 2.05 bits per heavy atom. The van der Waals surface area contributed by atoms with Gasteiger partial charge in [-0.1, -0.05) is 0 Å². The molecular formula is C14H20N2O4. The molecule has 0 N–H and O–H groups in total. The molecule has 1 aromatic carbocycles. The maximum atomic E-state index is 10.8. The zero-order valence-corrected chi connectivity index (χ0v) is 11.7. The smallest absolute Gasteiger partial charge is 0.273 e. The third kappa shape index (κ3) is 3.84. The van der Waals surface area contributed by atoms with Crippen molar-refractivity contribution in [3.05, 3.63) is 28.3 Å². The predicted molar refractivity (Wildman–Crippen MR) is 75.4 cm³/mol. The van der Waals surface area contributed by atoms with Gasteiger partial charge in [0.05, 0.1) is 24.7 Å². The van der Waals surface area contributed by atoms with Crippen LogP contribution in [0.1, 0.15) is 19.3 Å². The lowest BCUT2D eigenvalue weighted by molar-refractivity contribution is -0.385. The van der Waals surface area contributed by atoms with E-state index in [1.807, 2.05) is 0 Å². The molecular weight excluding hydrogens is 260 g/mol. The first kappa shape index (κ1) is 14.6. The lowest BCUT2D eigenvalue weighted by atomic mass is 10.3. The lowest BCUT2D eigenvalue weighted by Crippen LogP contribution is -2.21. The van der Waals surface area contributed by atoms with Crippen LogP contribution in [0.5, 0.6) is 11.5 Å². The summed E-state index contributed by atoms with van der Waals surface area (Å²) >= 11 is 0. The zero-order valence-electron chi connectivity index (χ0n) is 11.7. The van der Waals surface area contributed by atoms with E-state index in [9.17, 15) is 10.1 Å². The van der Waals surface area contributed by atoms with Crippen molar-refractivity contribution >= 4 is 5.69 Å². The topological polar surface area (TPSA) is 64.8 Å². The first-order chi connectivity index (χ1) is 9.70. The number of hydrogen-bond donors (Lipinski definition) is 0. The summed E-state index contributed by atoms with van der Waals surface area (Å²) in [6, 6.07) is 4.39. The summed E-state index contributed by atoms with van der Waals surface area (Å²) in [6.45, 7) is 3.88. The number of rotatable bonds is 7. The van der Waals surface area contributed by atoms with Crippen LogP contribution in [-0.2, 0) is 0 Å². The Morgan fingerprint density at radius 3 is 2.70 bits per heavy atom. The van der Waals surface area contributed by atoms with Crippen LogP contribution >= 0.6 is 0 Å². The van der Waals surface area contributed by atoms with Crippen LogP contribution in [0.15, 0.2) is 18.2 Å². The van der Waals surface area contributed by atoms with Crippen molar-refractivity contribution in [2.45, 2.75) is 19.3 Å². The Labute approximate surface area is 118 Å². The number of benzene rings is 1. The minimum absolute atomic E-state index is 0.0142. The predicted octanol–water partition coefficient (Wildman–Crippen LogP) is 2.47. The van der Waals surface area contributed by atoms with Gasteiger partial charge in [0.25, 0.3) is 5.69 Å². The van der Waals surface area contributed by atoms with E-state index in [2.05, 4.69) is 4.90 Å². The average molecular weight is 280 g/mol. The summed E-state index contributed by atoms with van der Waals surface area (Å²) in [5.41, 5.74) is 0.0142. The molecule has 1 heterocycles. The number of nitro benzene ring substituents is 1. The molecule has 0 bridgehead atoms. The third-order valence-electron chi connectivity index (χ3n) is 3.43. The van der Waals surface area contributed by atoms with Crippen molar-refractivity contribution in [3.63, 3.8) is 0 Å². The molecule has 6 nitrogen and oxygen atoms in total. The first-order valence-electron chi connectivity index (χ1n) is 6.88. The SMILES string of the molecule is COc1ccc([N+](=O)[O-])cc1OCCCN1CCCC1. The maximum Gasteiger partial charge on any atom is 0.273 e. The highest BCUT2D eigenvalue weighted by atomic mass is 16.6. The number of non-ortho nitro benzene ring substituents is 1. The van der Waals surface area contributed by atoms with Gasteiger partial charge in [0.2, 0.25) is 0 Å². The molecule has 0 amide bonds. The Bertz CT molecular complexity index is 458. The summed E-state index contributed by atoms with van der Waals surface area (Å²) in [4.78, 5) is 12.7. The van der Waals surface area contributed by atoms with Gasteiger partial charge in [-0.25, -0.2) is 0 Å². The van der Waals surface area contributed by atoms with Crippen LogP contribution in [0.4, 0.5) is 5.69 Å². The molecule has 0 aliphatic carbocycles. The molecule has 0 atom stereocenters. The highest BCUT2D eigenvalue weighted by Gasteiger charge is 2.13. The van der Waals surface area contributed by atoms with E-state index >= 15 is 0 Å². The summed E-state index contributed by atoms with van der Waals surface area (Å²) < 4.78 is 10.8. The normalized spacial score (nSPS) is 15.2. The highest BCUT2D eigenvalue weighted by molar-refractivity contribution is 5.48. The van der Waals surface area contributed by atoms with Crippen molar-refractivity contribution in [3.8, 4) is 11.5 Å². The fourth-order valence-corrected chi connectivity index (χ4v) is 2.37. The van der Waals surface area contributed by atoms with Crippen LogP contribution in [0.2, 0.25) is 0 Å². The second-order valence-corrected chi connectivity index (χ2v) is 4.84. The van der Waals surface area contributed by atoms with Gasteiger partial charge in [0.1, 0.15) is 0 Å². The number of nitrogens with zero attached hydrogens (tertiary/aromatic N) is 2. The van der Waals surface area contributed by atoms with E-state index in [1.54, 1.807) is 6.07 Å². The molecule has 20 heavy (non-hydrogen) atoms. The molecule has 1 saturated heterocycles. The average Bonchev–Trinajstić information content (AvgIpc) is 2.96. The fourth-order valence-electron chi connectivity index (χ4n) is 2.37. The van der Waals surface area contributed by atoms with Gasteiger partial charge in [-0.3, -0.25) is 10.1 Å². The van der Waals surface area contributed by atoms with Gasteiger partial charge < -0.3 is 14.4 Å². The number of likely N-dealkylation sites (tertiary alicyclic amines) is 1. The van der Waals surface area contributed by atoms with Crippen molar-refractivity contribution in [2.24, 2.45) is 0 Å². The molecule has 1 aliphatic heterocycles. The van der Waals surface area contributed by atoms with Gasteiger partial charge >= 0.3 is 0 Å². The first-order valence-corrected chi connectivity index (χ1v) is 6.88. The quantitative estimate of drug-likeness (QED) is 0.436. The lowest BCUT2D eigenvalue weighted by Gasteiger charge is -2.15. The molecule has 1 aliphatic rings. The molecule has 0 saturated carbocycles. The monoisotopic (exact) mass is 280 g/mol. The van der Waals surface area contributed by atoms with Gasteiger partial charge in [0.15, 0.2) is 11.5 Å². The van der Waals surface area contributed by atoms with Crippen LogP contribution < -0.4 is 9.47 Å². The van der Waals surface area contributed by atoms with Crippen molar-refractivity contribution in [2.75, 3.05) is 33.4 Å². The molecule has 0 spiro atoms. The van der Waals surface area contributed by atoms with E-state index < -0.39 is 4.92 Å². The van der Waals surface area contributed by atoms with Crippen molar-refractivity contribution < 1.29 is 14.4 Å². The Kier molecular flexibility index (Phi) is 5.17. The number of methoxy groups -OCH3 is 1. The molecule has 0 radical (unpaired) electrons. The zero-order chi connectivity index (χ0) is 14.4. The standard InChI is InChI=1S/C14H20N2O4/c1-19-13-6-5-12(16(17)18)11-14(13)20-10-4-9-15-7-2-3-8-15/h5-6,11H,2-4,7-10H2,1H3. The van der Waals surface area contributed by atoms with Gasteiger partial charge in [-0.2, -0.15) is 0 Å². The van der Waals surface area contributed by atoms with E-state index in [0.717, 1.165) is 13.0 Å². The van der Waals surface area contributed by atoms with E-state index in [-0.39, 0.29) is 5.69 Å². The maximum absolute atomic E-state index is 10.8. The highest BCUT2D eigenvalue weighted by Crippen LogP contribution is 2.31. The largest absolute Gasteiger partial charge is 0.493 e. The van der Waals surface area contributed by atoms with Crippen molar-refractivity contribution in [1.82, 2.24) is 4.90 Å². The Balaban J connectivity index is 1.86. The Hall–Kier alpha value is -1.82. The van der Waals surface area contributed by atoms with Crippen LogP contribution in [0.25, 0.3) is 0 Å². The molecule has 6 heteroatoms. The van der Waals surface area contributed by atoms with Crippen LogP contribution in [0.3, 0.4) is 0 Å². The van der Waals surface area contributed by atoms with Gasteiger partial charge in [-0.15, -0.1) is 0 Å².